The minimum absolute atomic E-state index is 0.218. The second-order valence-electron chi connectivity index (χ2n) is 6.36. The number of aryl methyl sites for hydroxylation is 1. The summed E-state index contributed by atoms with van der Waals surface area (Å²) in [6, 6.07) is 12.2. The van der Waals surface area contributed by atoms with Crippen LogP contribution < -0.4 is 22.0 Å². The first-order valence-corrected chi connectivity index (χ1v) is 8.90. The molecule has 0 bridgehead atoms. The molecule has 166 valence electrons. The largest absolute Gasteiger partial charge is 0.416 e. The van der Waals surface area contributed by atoms with E-state index in [1.165, 1.54) is 6.07 Å². The van der Waals surface area contributed by atoms with Crippen LogP contribution in [0.5, 0.6) is 0 Å². The molecule has 0 aliphatic rings. The summed E-state index contributed by atoms with van der Waals surface area (Å²) in [5.74, 6) is -0.113. The number of nitrogens with zero attached hydrogens (tertiary/aromatic N) is 2. The van der Waals surface area contributed by atoms with Gasteiger partial charge < -0.3 is 5.32 Å². The zero-order valence-corrected chi connectivity index (χ0v) is 16.5. The standard InChI is InChI=1S/C20H17F3N6O3/c1-11-5-2-3-8-14(11)15(10-24)16(28-29-19(32)18(31)27-25)17(30)26-13-7-4-6-12(9-13)20(21,22)23/h2-9,15H,25H2,1H3,(H,26,30)(H,27,31)(H,29,32)/b28-16+. The van der Waals surface area contributed by atoms with Crippen LogP contribution in [-0.4, -0.2) is 23.4 Å². The fourth-order valence-electron chi connectivity index (χ4n) is 2.63. The lowest BCUT2D eigenvalue weighted by Gasteiger charge is -2.16. The Morgan fingerprint density at radius 1 is 1.06 bits per heavy atom. The van der Waals surface area contributed by atoms with Crippen molar-refractivity contribution in [3.05, 3.63) is 65.2 Å². The summed E-state index contributed by atoms with van der Waals surface area (Å²) >= 11 is 0. The SMILES string of the molecule is Cc1ccccc1C(C#N)/C(=N\NC(=O)C(=O)NN)C(=O)Nc1cccc(C(F)(F)F)c1. The molecule has 0 spiro atoms. The molecule has 9 nitrogen and oxygen atoms in total. The van der Waals surface area contributed by atoms with E-state index in [1.54, 1.807) is 42.0 Å². The summed E-state index contributed by atoms with van der Waals surface area (Å²) in [5.41, 5.74) is 2.58. The zero-order valence-electron chi connectivity index (χ0n) is 16.5. The summed E-state index contributed by atoms with van der Waals surface area (Å²) in [5, 5.41) is 15.5. The Kier molecular flexibility index (Phi) is 7.65. The average Bonchev–Trinajstić information content (AvgIpc) is 2.76. The molecule has 2 rings (SSSR count). The third-order valence-corrected chi connectivity index (χ3v) is 4.20. The first-order chi connectivity index (χ1) is 15.1. The van der Waals surface area contributed by atoms with Gasteiger partial charge in [0.2, 0.25) is 0 Å². The summed E-state index contributed by atoms with van der Waals surface area (Å²) in [4.78, 5) is 35.8. The molecule has 0 heterocycles. The molecule has 1 unspecified atom stereocenters. The monoisotopic (exact) mass is 446 g/mol. The third kappa shape index (κ3) is 5.89. The maximum atomic E-state index is 13.0. The molecule has 0 saturated carbocycles. The Labute approximate surface area is 180 Å². The minimum atomic E-state index is -4.64. The van der Waals surface area contributed by atoms with E-state index < -0.39 is 41.1 Å². The van der Waals surface area contributed by atoms with Gasteiger partial charge in [0, 0.05) is 5.69 Å². The Hall–Kier alpha value is -4.24. The molecule has 5 N–H and O–H groups in total. The van der Waals surface area contributed by atoms with E-state index >= 15 is 0 Å². The number of alkyl halides is 3. The van der Waals surface area contributed by atoms with Crippen molar-refractivity contribution in [2.45, 2.75) is 19.0 Å². The van der Waals surface area contributed by atoms with Crippen molar-refractivity contribution >= 4 is 29.1 Å². The van der Waals surface area contributed by atoms with E-state index in [0.717, 1.165) is 12.1 Å². The van der Waals surface area contributed by atoms with E-state index in [4.69, 9.17) is 5.84 Å². The maximum Gasteiger partial charge on any atom is 0.416 e. The summed E-state index contributed by atoms with van der Waals surface area (Å²) in [7, 11) is 0. The number of rotatable bonds is 5. The number of carbonyl (C=O) groups excluding carboxylic acids is 3. The number of hydrazine groups is 1. The van der Waals surface area contributed by atoms with Gasteiger partial charge >= 0.3 is 18.0 Å². The first-order valence-electron chi connectivity index (χ1n) is 8.90. The number of hydrogen-bond donors (Lipinski definition) is 4. The fraction of sp³-hybridized carbons (Fsp3) is 0.150. The number of hydrazone groups is 1. The topological polar surface area (TPSA) is 149 Å². The quantitative estimate of drug-likeness (QED) is 0.181. The van der Waals surface area contributed by atoms with Crippen molar-refractivity contribution in [3.8, 4) is 6.07 Å². The van der Waals surface area contributed by atoms with Gasteiger partial charge in [0.25, 0.3) is 5.91 Å². The molecule has 0 fully saturated rings. The number of amides is 3. The molecule has 1 atom stereocenters. The van der Waals surface area contributed by atoms with E-state index in [2.05, 4.69) is 10.4 Å². The minimum Gasteiger partial charge on any atom is -0.321 e. The molecule has 12 heteroatoms. The second-order valence-corrected chi connectivity index (χ2v) is 6.36. The van der Waals surface area contributed by atoms with Crippen LogP contribution in [0.25, 0.3) is 0 Å². The third-order valence-electron chi connectivity index (χ3n) is 4.20. The van der Waals surface area contributed by atoms with E-state index in [1.807, 2.05) is 6.07 Å². The van der Waals surface area contributed by atoms with Crippen LogP contribution >= 0.6 is 0 Å². The number of anilines is 1. The van der Waals surface area contributed by atoms with E-state index in [-0.39, 0.29) is 5.69 Å². The van der Waals surface area contributed by atoms with Crippen LogP contribution in [0.15, 0.2) is 53.6 Å². The summed E-state index contributed by atoms with van der Waals surface area (Å²) < 4.78 is 38.9. The number of nitrogens with two attached hydrogens (primary N) is 1. The highest BCUT2D eigenvalue weighted by Gasteiger charge is 2.31. The molecule has 0 radical (unpaired) electrons. The number of carbonyl (C=O) groups is 3. The lowest BCUT2D eigenvalue weighted by molar-refractivity contribution is -0.139. The van der Waals surface area contributed by atoms with Gasteiger partial charge in [-0.15, -0.1) is 0 Å². The molecule has 3 amide bonds. The molecular weight excluding hydrogens is 429 g/mol. The predicted octanol–water partition coefficient (Wildman–Crippen LogP) is 1.72. The van der Waals surface area contributed by atoms with Crippen molar-refractivity contribution in [1.29, 1.82) is 5.26 Å². The lowest BCUT2D eigenvalue weighted by atomic mass is 9.91. The number of hydrogen-bond acceptors (Lipinski definition) is 6. The smallest absolute Gasteiger partial charge is 0.321 e. The fourth-order valence-corrected chi connectivity index (χ4v) is 2.63. The average molecular weight is 446 g/mol. The van der Waals surface area contributed by atoms with Crippen LogP contribution in [0, 0.1) is 18.3 Å². The van der Waals surface area contributed by atoms with Crippen molar-refractivity contribution in [1.82, 2.24) is 10.9 Å². The number of benzene rings is 2. The van der Waals surface area contributed by atoms with Crippen molar-refractivity contribution < 1.29 is 27.6 Å². The molecule has 0 aliphatic heterocycles. The van der Waals surface area contributed by atoms with E-state index in [0.29, 0.717) is 17.2 Å². The Morgan fingerprint density at radius 2 is 1.75 bits per heavy atom. The highest BCUT2D eigenvalue weighted by Crippen LogP contribution is 2.31. The molecule has 2 aromatic rings. The van der Waals surface area contributed by atoms with Crippen LogP contribution in [0.4, 0.5) is 18.9 Å². The molecule has 0 saturated heterocycles. The van der Waals surface area contributed by atoms with Crippen molar-refractivity contribution in [2.75, 3.05) is 5.32 Å². The van der Waals surface area contributed by atoms with Gasteiger partial charge in [-0.3, -0.25) is 19.8 Å². The van der Waals surface area contributed by atoms with E-state index in [9.17, 15) is 32.8 Å². The highest BCUT2D eigenvalue weighted by molar-refractivity contribution is 6.46. The summed E-state index contributed by atoms with van der Waals surface area (Å²) in [6.45, 7) is 1.67. The van der Waals surface area contributed by atoms with Gasteiger partial charge in [0.1, 0.15) is 11.6 Å². The second kappa shape index (κ2) is 10.2. The Morgan fingerprint density at radius 3 is 2.34 bits per heavy atom. The van der Waals surface area contributed by atoms with Crippen molar-refractivity contribution in [2.24, 2.45) is 10.9 Å². The van der Waals surface area contributed by atoms with Gasteiger partial charge in [-0.25, -0.2) is 11.3 Å². The van der Waals surface area contributed by atoms with Crippen LogP contribution in [-0.2, 0) is 20.6 Å². The molecule has 0 aliphatic carbocycles. The first kappa shape index (κ1) is 24.0. The van der Waals surface area contributed by atoms with Gasteiger partial charge in [-0.2, -0.15) is 23.5 Å². The molecular formula is C20H17F3N6O3. The number of halogens is 3. The van der Waals surface area contributed by atoms with Gasteiger partial charge in [0.15, 0.2) is 0 Å². The summed E-state index contributed by atoms with van der Waals surface area (Å²) in [6.07, 6.45) is -4.64. The maximum absolute atomic E-state index is 13.0. The lowest BCUT2D eigenvalue weighted by Crippen LogP contribution is -2.42. The highest BCUT2D eigenvalue weighted by atomic mass is 19.4. The number of nitrogens with one attached hydrogen (secondary N) is 3. The van der Waals surface area contributed by atoms with Crippen LogP contribution in [0.1, 0.15) is 22.6 Å². The van der Waals surface area contributed by atoms with Crippen LogP contribution in [0.2, 0.25) is 0 Å². The van der Waals surface area contributed by atoms with Gasteiger partial charge in [-0.1, -0.05) is 30.3 Å². The van der Waals surface area contributed by atoms with Gasteiger partial charge in [-0.05, 0) is 36.2 Å². The Balaban J connectivity index is 2.45. The molecule has 2 aromatic carbocycles. The van der Waals surface area contributed by atoms with Crippen LogP contribution in [0.3, 0.4) is 0 Å². The normalized spacial score (nSPS) is 12.3. The predicted molar refractivity (Wildman–Crippen MR) is 108 cm³/mol. The molecule has 32 heavy (non-hydrogen) atoms. The van der Waals surface area contributed by atoms with Crippen molar-refractivity contribution in [3.63, 3.8) is 0 Å². The molecule has 0 aromatic heterocycles. The Bertz CT molecular complexity index is 1110. The number of nitriles is 1. The van der Waals surface area contributed by atoms with Gasteiger partial charge in [0.05, 0.1) is 11.6 Å². The zero-order chi connectivity index (χ0) is 23.9.